The lowest BCUT2D eigenvalue weighted by Crippen LogP contribution is -2.13. The van der Waals surface area contributed by atoms with Gasteiger partial charge in [0, 0.05) is 13.1 Å². The normalized spacial score (nSPS) is 11.5. The summed E-state index contributed by atoms with van der Waals surface area (Å²) in [6, 6.07) is 20.9. The zero-order valence-corrected chi connectivity index (χ0v) is 16.4. The summed E-state index contributed by atoms with van der Waals surface area (Å²) in [5, 5.41) is 4.38. The molecule has 138 valence electrons. The maximum absolute atomic E-state index is 5.98. The van der Waals surface area contributed by atoms with Gasteiger partial charge < -0.3 is 14.6 Å². The van der Waals surface area contributed by atoms with Gasteiger partial charge >= 0.3 is 0 Å². The Morgan fingerprint density at radius 1 is 0.926 bits per heavy atom. The summed E-state index contributed by atoms with van der Waals surface area (Å²) in [7, 11) is 4.17. The molecule has 0 amide bonds. The topological polar surface area (TPSA) is 41.3 Å². The van der Waals surface area contributed by atoms with Crippen LogP contribution in [0, 0.1) is 0 Å². The molecule has 0 aliphatic carbocycles. The van der Waals surface area contributed by atoms with Crippen LogP contribution < -0.4 is 5.32 Å². The van der Waals surface area contributed by atoms with E-state index in [1.807, 2.05) is 30.3 Å². The van der Waals surface area contributed by atoms with Crippen molar-refractivity contribution in [2.45, 2.75) is 19.6 Å². The van der Waals surface area contributed by atoms with E-state index < -0.39 is 0 Å². The van der Waals surface area contributed by atoms with Crippen LogP contribution in [-0.2, 0) is 19.6 Å². The van der Waals surface area contributed by atoms with E-state index >= 15 is 0 Å². The Kier molecular flexibility index (Phi) is 5.34. The lowest BCUT2D eigenvalue weighted by atomic mass is 10.1. The molecule has 0 spiro atoms. The van der Waals surface area contributed by atoms with Gasteiger partial charge in [-0.1, -0.05) is 36.4 Å². The highest BCUT2D eigenvalue weighted by molar-refractivity contribution is 7.21. The zero-order chi connectivity index (χ0) is 18.6. The quantitative estimate of drug-likeness (QED) is 0.497. The van der Waals surface area contributed by atoms with Gasteiger partial charge in [0.2, 0.25) is 0 Å². The summed E-state index contributed by atoms with van der Waals surface area (Å²) < 4.78 is 7.16. The van der Waals surface area contributed by atoms with Crippen LogP contribution in [0.25, 0.3) is 21.0 Å². The Balaban J connectivity index is 1.34. The minimum Gasteiger partial charge on any atom is -0.457 e. The van der Waals surface area contributed by atoms with E-state index in [9.17, 15) is 0 Å². The maximum Gasteiger partial charge on any atom is 0.163 e. The molecule has 0 aliphatic heterocycles. The fourth-order valence-electron chi connectivity index (χ4n) is 3.02. The van der Waals surface area contributed by atoms with Gasteiger partial charge in [0.05, 0.1) is 16.8 Å². The molecular weight excluding hydrogens is 354 g/mol. The van der Waals surface area contributed by atoms with Crippen molar-refractivity contribution in [1.29, 1.82) is 0 Å². The van der Waals surface area contributed by atoms with Crippen LogP contribution >= 0.6 is 11.3 Å². The van der Waals surface area contributed by atoms with Crippen LogP contribution in [0.4, 0.5) is 0 Å². The number of fused-ring (bicyclic) bond motifs is 1. The number of aromatic nitrogens is 1. The molecule has 0 fully saturated rings. The van der Waals surface area contributed by atoms with Crippen molar-refractivity contribution in [3.63, 3.8) is 0 Å². The Hall–Kier alpha value is -2.47. The third-order valence-electron chi connectivity index (χ3n) is 4.32. The molecule has 0 aliphatic rings. The van der Waals surface area contributed by atoms with Gasteiger partial charge in [0.25, 0.3) is 0 Å². The molecule has 4 rings (SSSR count). The highest BCUT2D eigenvalue weighted by Crippen LogP contribution is 2.31. The van der Waals surface area contributed by atoms with Gasteiger partial charge in [-0.05, 0) is 49.5 Å². The van der Waals surface area contributed by atoms with E-state index in [1.54, 1.807) is 11.3 Å². The van der Waals surface area contributed by atoms with E-state index in [1.165, 1.54) is 15.8 Å². The Morgan fingerprint density at radius 2 is 1.70 bits per heavy atom. The molecule has 2 aromatic heterocycles. The van der Waals surface area contributed by atoms with Gasteiger partial charge in [0.15, 0.2) is 10.8 Å². The molecule has 2 aromatic carbocycles. The zero-order valence-electron chi connectivity index (χ0n) is 15.6. The first-order valence-corrected chi connectivity index (χ1v) is 9.87. The van der Waals surface area contributed by atoms with Crippen LogP contribution in [0.5, 0.6) is 0 Å². The van der Waals surface area contributed by atoms with Crippen LogP contribution in [0.3, 0.4) is 0 Å². The monoisotopic (exact) mass is 377 g/mol. The average molecular weight is 378 g/mol. The van der Waals surface area contributed by atoms with Crippen molar-refractivity contribution >= 4 is 21.6 Å². The standard InChI is InChI=1S/C22H23N3OS/c1-25(2)15-17-9-7-16(8-10-17)13-23-14-18-11-12-20(26-18)22-24-19-5-3-4-6-21(19)27-22/h3-12,23H,13-15H2,1-2H3. The van der Waals surface area contributed by atoms with Gasteiger partial charge in [-0.15, -0.1) is 11.3 Å². The molecule has 27 heavy (non-hydrogen) atoms. The fraction of sp³-hybridized carbons (Fsp3) is 0.227. The molecule has 0 atom stereocenters. The maximum atomic E-state index is 5.98. The van der Waals surface area contributed by atoms with Crippen molar-refractivity contribution in [2.24, 2.45) is 0 Å². The number of nitrogens with one attached hydrogen (secondary N) is 1. The summed E-state index contributed by atoms with van der Waals surface area (Å²) in [4.78, 5) is 6.83. The summed E-state index contributed by atoms with van der Waals surface area (Å²) in [6.07, 6.45) is 0. The molecule has 0 radical (unpaired) electrons. The summed E-state index contributed by atoms with van der Waals surface area (Å²) >= 11 is 1.66. The first-order valence-electron chi connectivity index (χ1n) is 9.05. The fourth-order valence-corrected chi connectivity index (χ4v) is 3.95. The minimum absolute atomic E-state index is 0.699. The second-order valence-corrected chi connectivity index (χ2v) is 7.94. The molecule has 5 heteroatoms. The van der Waals surface area contributed by atoms with E-state index in [0.29, 0.717) is 6.54 Å². The predicted octanol–water partition coefficient (Wildman–Crippen LogP) is 4.91. The van der Waals surface area contributed by atoms with Gasteiger partial charge in [-0.2, -0.15) is 0 Å². The molecular formula is C22H23N3OS. The lowest BCUT2D eigenvalue weighted by Gasteiger charge is -2.10. The number of nitrogens with zero attached hydrogens (tertiary/aromatic N) is 2. The third-order valence-corrected chi connectivity index (χ3v) is 5.37. The van der Waals surface area contributed by atoms with E-state index in [4.69, 9.17) is 4.42 Å². The van der Waals surface area contributed by atoms with Gasteiger partial charge in [0.1, 0.15) is 5.76 Å². The number of hydrogen-bond acceptors (Lipinski definition) is 5. The van der Waals surface area contributed by atoms with Crippen molar-refractivity contribution in [3.8, 4) is 10.8 Å². The highest BCUT2D eigenvalue weighted by Gasteiger charge is 2.10. The highest BCUT2D eigenvalue weighted by atomic mass is 32.1. The Morgan fingerprint density at radius 3 is 2.48 bits per heavy atom. The molecule has 2 heterocycles. The minimum atomic E-state index is 0.699. The molecule has 0 saturated heterocycles. The SMILES string of the molecule is CN(C)Cc1ccc(CNCc2ccc(-c3nc4ccccc4s3)o2)cc1. The third kappa shape index (κ3) is 4.45. The molecule has 0 bridgehead atoms. The smallest absolute Gasteiger partial charge is 0.163 e. The molecule has 0 unspecified atom stereocenters. The van der Waals surface area contributed by atoms with Crippen molar-refractivity contribution in [1.82, 2.24) is 15.2 Å². The van der Waals surface area contributed by atoms with E-state index in [2.05, 4.69) is 59.6 Å². The molecule has 1 N–H and O–H groups in total. The second kappa shape index (κ2) is 8.05. The van der Waals surface area contributed by atoms with Crippen LogP contribution in [-0.4, -0.2) is 24.0 Å². The number of thiazole rings is 1. The first-order chi connectivity index (χ1) is 13.2. The Bertz CT molecular complexity index is 984. The summed E-state index contributed by atoms with van der Waals surface area (Å²) in [5.41, 5.74) is 3.62. The van der Waals surface area contributed by atoms with Crippen LogP contribution in [0.15, 0.2) is 65.1 Å². The lowest BCUT2D eigenvalue weighted by molar-refractivity contribution is 0.402. The predicted molar refractivity (Wildman–Crippen MR) is 112 cm³/mol. The summed E-state index contributed by atoms with van der Waals surface area (Å²) in [6.45, 7) is 2.48. The van der Waals surface area contributed by atoms with Crippen LogP contribution in [0.2, 0.25) is 0 Å². The number of rotatable bonds is 7. The van der Waals surface area contributed by atoms with Crippen molar-refractivity contribution < 1.29 is 4.42 Å². The largest absolute Gasteiger partial charge is 0.457 e. The van der Waals surface area contributed by atoms with Crippen molar-refractivity contribution in [2.75, 3.05) is 14.1 Å². The Labute approximate surface area is 163 Å². The molecule has 0 saturated carbocycles. The average Bonchev–Trinajstić information content (AvgIpc) is 3.29. The number of hydrogen-bond donors (Lipinski definition) is 1. The molecule has 4 aromatic rings. The van der Waals surface area contributed by atoms with E-state index in [-0.39, 0.29) is 0 Å². The van der Waals surface area contributed by atoms with E-state index in [0.717, 1.165) is 35.1 Å². The van der Waals surface area contributed by atoms with Crippen LogP contribution in [0.1, 0.15) is 16.9 Å². The summed E-state index contributed by atoms with van der Waals surface area (Å²) in [5.74, 6) is 1.76. The second-order valence-electron chi connectivity index (χ2n) is 6.91. The van der Waals surface area contributed by atoms with Gasteiger partial charge in [-0.25, -0.2) is 4.98 Å². The first kappa shape index (κ1) is 17.9. The van der Waals surface area contributed by atoms with Crippen molar-refractivity contribution in [3.05, 3.63) is 77.6 Å². The number of benzene rings is 2. The molecule has 4 nitrogen and oxygen atoms in total. The number of furan rings is 1. The number of para-hydroxylation sites is 1. The van der Waals surface area contributed by atoms with Gasteiger partial charge in [-0.3, -0.25) is 0 Å².